The molecule has 0 aliphatic carbocycles. The van der Waals surface area contributed by atoms with Gasteiger partial charge in [-0.1, -0.05) is 18.2 Å². The molecule has 0 aliphatic rings. The number of aromatic nitrogens is 1. The number of aromatic amines is 1. The lowest BCUT2D eigenvalue weighted by Gasteiger charge is -2.04. The number of benzene rings is 1. The van der Waals surface area contributed by atoms with E-state index in [9.17, 15) is 4.79 Å². The van der Waals surface area contributed by atoms with E-state index in [1.54, 1.807) is 24.3 Å². The largest absolute Gasteiger partial charge is 0.480 e. The van der Waals surface area contributed by atoms with Crippen LogP contribution >= 0.6 is 0 Å². The van der Waals surface area contributed by atoms with Crippen molar-refractivity contribution >= 4 is 16.9 Å². The zero-order chi connectivity index (χ0) is 12.6. The summed E-state index contributed by atoms with van der Waals surface area (Å²) in [6.45, 7) is 0. The molecule has 0 saturated carbocycles. The Morgan fingerprint density at radius 2 is 2.40 bits per heavy atom. The van der Waals surface area contributed by atoms with Crippen LogP contribution in [0, 0.1) is 0 Å². The van der Waals surface area contributed by atoms with Crippen molar-refractivity contribution in [1.82, 2.24) is 4.98 Å². The summed E-state index contributed by atoms with van der Waals surface area (Å²) in [5.41, 5.74) is 6.56. The van der Waals surface area contributed by atoms with Crippen LogP contribution in [0.3, 0.4) is 0 Å². The maximum absolute atomic E-state index is 10.7. The number of hydrogen-bond acceptors (Lipinski definition) is 2. The predicted molar refractivity (Wildman–Crippen MR) is 57.6 cm³/mol. The van der Waals surface area contributed by atoms with Gasteiger partial charge in [-0.3, -0.25) is 4.79 Å². The summed E-state index contributed by atoms with van der Waals surface area (Å²) in [6, 6.07) is 5.99. The molecule has 1 aromatic heterocycles. The number of H-pyrrole nitrogens is 1. The summed E-state index contributed by atoms with van der Waals surface area (Å²) in [5, 5.41) is 9.49. The van der Waals surface area contributed by atoms with E-state index in [1.807, 2.05) is 0 Å². The van der Waals surface area contributed by atoms with Gasteiger partial charge in [0.15, 0.2) is 1.41 Å². The second kappa shape index (κ2) is 3.74. The van der Waals surface area contributed by atoms with Gasteiger partial charge in [-0.05, 0) is 11.6 Å². The van der Waals surface area contributed by atoms with Crippen molar-refractivity contribution in [2.75, 3.05) is 0 Å². The number of nitrogens with one attached hydrogen (secondary N) is 1. The Morgan fingerprint density at radius 3 is 3.13 bits per heavy atom. The van der Waals surface area contributed by atoms with Gasteiger partial charge in [-0.2, -0.15) is 0 Å². The van der Waals surface area contributed by atoms with Gasteiger partial charge in [0.1, 0.15) is 6.04 Å². The second-order valence-electron chi connectivity index (χ2n) is 3.37. The van der Waals surface area contributed by atoms with E-state index in [2.05, 4.69) is 0 Å². The molecule has 2 rings (SSSR count). The highest BCUT2D eigenvalue weighted by atomic mass is 16.4. The first-order valence-corrected chi connectivity index (χ1v) is 4.59. The van der Waals surface area contributed by atoms with Crippen LogP contribution in [0.4, 0.5) is 0 Å². The number of para-hydroxylation sites is 1. The van der Waals surface area contributed by atoms with Crippen LogP contribution < -0.4 is 5.73 Å². The molecule has 4 nitrogen and oxygen atoms in total. The molecule has 1 aromatic carbocycles. The average molecular weight is 206 g/mol. The van der Waals surface area contributed by atoms with Crippen LogP contribution in [0.5, 0.6) is 0 Å². The first-order chi connectivity index (χ1) is 8.02. The fourth-order valence-electron chi connectivity index (χ4n) is 1.48. The molecule has 0 aliphatic heterocycles. The molecule has 0 spiro atoms. The van der Waals surface area contributed by atoms with Crippen LogP contribution in [0.2, 0.25) is 1.41 Å². The molecule has 15 heavy (non-hydrogen) atoms. The number of aliphatic carboxylic acids is 1. The predicted octanol–water partition coefficient (Wildman–Crippen LogP) is 1.12. The van der Waals surface area contributed by atoms with Crippen molar-refractivity contribution in [2.45, 2.75) is 12.5 Å². The highest BCUT2D eigenvalue weighted by Gasteiger charge is 2.14. The fraction of sp³-hybridized carbons (Fsp3) is 0.182. The highest BCUT2D eigenvalue weighted by Crippen LogP contribution is 2.18. The van der Waals surface area contributed by atoms with Crippen LogP contribution in [-0.4, -0.2) is 22.1 Å². The van der Waals surface area contributed by atoms with E-state index in [-0.39, 0.29) is 12.6 Å². The molecule has 0 radical (unpaired) electrons. The summed E-state index contributed by atoms with van der Waals surface area (Å²) >= 11 is 0. The lowest BCUT2D eigenvalue weighted by molar-refractivity contribution is -0.138. The molecule has 0 amide bonds. The number of fused-ring (bicyclic) bond motifs is 1. The number of carboxylic acid groups (broad SMARTS) is 1. The highest BCUT2D eigenvalue weighted by molar-refractivity contribution is 5.84. The molecular formula is C11H12N2O2. The van der Waals surface area contributed by atoms with E-state index in [0.29, 0.717) is 16.5 Å². The molecule has 4 heteroatoms. The van der Waals surface area contributed by atoms with Crippen molar-refractivity contribution in [3.05, 3.63) is 36.0 Å². The Balaban J connectivity index is 2.53. The molecule has 1 heterocycles. The lowest BCUT2D eigenvalue weighted by atomic mass is 10.1. The second-order valence-corrected chi connectivity index (χ2v) is 3.37. The van der Waals surface area contributed by atoms with Crippen molar-refractivity contribution in [1.29, 1.82) is 0 Å². The van der Waals surface area contributed by atoms with Crippen molar-refractivity contribution in [2.24, 2.45) is 5.73 Å². The fourth-order valence-corrected chi connectivity index (χ4v) is 1.48. The lowest BCUT2D eigenvalue weighted by Crippen LogP contribution is -2.32. The number of nitrogens with two attached hydrogens (primary N) is 1. The molecule has 1 unspecified atom stereocenters. The van der Waals surface area contributed by atoms with Gasteiger partial charge in [-0.15, -0.1) is 0 Å². The third-order valence-electron chi connectivity index (χ3n) is 2.28. The maximum Gasteiger partial charge on any atom is 0.320 e. The molecule has 0 saturated heterocycles. The third kappa shape index (κ3) is 1.85. The van der Waals surface area contributed by atoms with E-state index in [4.69, 9.17) is 13.6 Å². The van der Waals surface area contributed by atoms with Crippen molar-refractivity contribution in [3.8, 4) is 0 Å². The topological polar surface area (TPSA) is 79.1 Å². The average Bonchev–Trinajstić information content (AvgIpc) is 2.55. The summed E-state index contributed by atoms with van der Waals surface area (Å²) in [4.78, 5) is 11.7. The minimum atomic E-state index is -1.11. The summed E-state index contributed by atoms with van der Waals surface area (Å²) < 4.78 is 15.5. The first kappa shape index (κ1) is 7.48. The Hall–Kier alpha value is -1.81. The quantitative estimate of drug-likeness (QED) is 0.704. The molecular weight excluding hydrogens is 192 g/mol. The van der Waals surface area contributed by atoms with Gasteiger partial charge < -0.3 is 15.8 Å². The summed E-state index contributed by atoms with van der Waals surface area (Å²) in [6.07, 6.45) is 0.0449. The van der Waals surface area contributed by atoms with Gasteiger partial charge in [0.05, 0.1) is 1.37 Å². The van der Waals surface area contributed by atoms with Gasteiger partial charge in [-0.25, -0.2) is 0 Å². The smallest absolute Gasteiger partial charge is 0.320 e. The van der Waals surface area contributed by atoms with Crippen LogP contribution in [0.25, 0.3) is 10.9 Å². The number of carboxylic acids is 1. The minimum Gasteiger partial charge on any atom is -0.480 e. The number of hydrogen-bond donors (Lipinski definition) is 3. The number of rotatable bonds is 3. The zero-order valence-electron chi connectivity index (χ0n) is 9.97. The van der Waals surface area contributed by atoms with Crippen molar-refractivity contribution < 1.29 is 12.7 Å². The van der Waals surface area contributed by atoms with Gasteiger partial charge in [0.2, 0.25) is 0 Å². The summed E-state index contributed by atoms with van der Waals surface area (Å²) in [5.74, 6) is -1.11. The van der Waals surface area contributed by atoms with Gasteiger partial charge in [0, 0.05) is 23.5 Å². The Labute approximate surface area is 89.6 Å². The Kier molecular flexibility index (Phi) is 1.87. The molecule has 1 atom stereocenters. The van der Waals surface area contributed by atoms with Gasteiger partial charge in [0.25, 0.3) is 0 Å². The van der Waals surface area contributed by atoms with Crippen LogP contribution in [0.1, 0.15) is 6.93 Å². The monoisotopic (exact) mass is 206 g/mol. The SMILES string of the molecule is [2H]c1c(CC(N)C(=O)O)c2ccccc2n1[2H]. The van der Waals surface area contributed by atoms with Crippen LogP contribution in [-0.2, 0) is 11.2 Å². The standard InChI is InChI=1S/C11H12N2O2/c12-9(11(14)15)5-7-6-13-10-4-2-1-3-8(7)10/h1-4,6,9,13H,5,12H2,(H,14,15)/i6D/hD. The Bertz CT molecular complexity index is 580. The van der Waals surface area contributed by atoms with E-state index in [1.165, 1.54) is 0 Å². The van der Waals surface area contributed by atoms with Crippen LogP contribution in [0.15, 0.2) is 30.4 Å². The third-order valence-corrected chi connectivity index (χ3v) is 2.28. The molecule has 0 bridgehead atoms. The van der Waals surface area contributed by atoms with Gasteiger partial charge >= 0.3 is 5.97 Å². The molecule has 2 aromatic rings. The summed E-state index contributed by atoms with van der Waals surface area (Å²) in [7, 11) is 0. The maximum atomic E-state index is 10.7. The van der Waals surface area contributed by atoms with Crippen molar-refractivity contribution in [3.63, 3.8) is 0 Å². The first-order valence-electron chi connectivity index (χ1n) is 5.53. The normalized spacial score (nSPS) is 14.7. The Morgan fingerprint density at radius 1 is 1.67 bits per heavy atom. The molecule has 78 valence electrons. The zero-order valence-corrected chi connectivity index (χ0v) is 7.97. The number of carbonyl (C=O) groups is 1. The minimum absolute atomic E-state index is 0.0112. The molecule has 0 fully saturated rings. The molecule has 4 N–H and O–H groups in total. The van der Waals surface area contributed by atoms with E-state index >= 15 is 0 Å². The van der Waals surface area contributed by atoms with E-state index in [0.717, 1.165) is 4.98 Å². The van der Waals surface area contributed by atoms with E-state index < -0.39 is 12.0 Å².